The standard InChI is InChI=1S/C14H14ClN3O/c1-9(11-3-5-13(15)6-4-11)18-14(19)12-7-16-10(2)17-8-12/h3-9H,1-2H3,(H,18,19). The molecule has 1 heterocycles. The summed E-state index contributed by atoms with van der Waals surface area (Å²) >= 11 is 5.83. The third-order valence-electron chi connectivity index (χ3n) is 2.76. The summed E-state index contributed by atoms with van der Waals surface area (Å²) in [5.41, 5.74) is 1.44. The van der Waals surface area contributed by atoms with Gasteiger partial charge in [0.1, 0.15) is 5.82 Å². The highest BCUT2D eigenvalue weighted by Gasteiger charge is 2.11. The van der Waals surface area contributed by atoms with Crippen LogP contribution in [-0.4, -0.2) is 15.9 Å². The number of nitrogens with zero attached hydrogens (tertiary/aromatic N) is 2. The second kappa shape index (κ2) is 5.80. The number of carbonyl (C=O) groups excluding carboxylic acids is 1. The van der Waals surface area contributed by atoms with Crippen molar-refractivity contribution in [2.45, 2.75) is 19.9 Å². The lowest BCUT2D eigenvalue weighted by molar-refractivity contribution is 0.0939. The number of benzene rings is 1. The van der Waals surface area contributed by atoms with Crippen molar-refractivity contribution in [2.24, 2.45) is 0 Å². The van der Waals surface area contributed by atoms with Crippen molar-refractivity contribution in [1.82, 2.24) is 15.3 Å². The predicted octanol–water partition coefficient (Wildman–Crippen LogP) is 2.93. The van der Waals surface area contributed by atoms with Gasteiger partial charge in [-0.2, -0.15) is 0 Å². The molecule has 5 heteroatoms. The molecule has 1 N–H and O–H groups in total. The van der Waals surface area contributed by atoms with E-state index in [1.165, 1.54) is 12.4 Å². The van der Waals surface area contributed by atoms with E-state index in [9.17, 15) is 4.79 Å². The Morgan fingerprint density at radius 1 is 1.21 bits per heavy atom. The van der Waals surface area contributed by atoms with E-state index in [4.69, 9.17) is 11.6 Å². The largest absolute Gasteiger partial charge is 0.345 e. The van der Waals surface area contributed by atoms with Crippen LogP contribution in [0.15, 0.2) is 36.7 Å². The highest BCUT2D eigenvalue weighted by atomic mass is 35.5. The molecule has 2 rings (SSSR count). The number of carbonyl (C=O) groups is 1. The van der Waals surface area contributed by atoms with Gasteiger partial charge in [0.25, 0.3) is 5.91 Å². The number of amides is 1. The molecule has 2 aromatic rings. The predicted molar refractivity (Wildman–Crippen MR) is 74.1 cm³/mol. The molecule has 0 bridgehead atoms. The summed E-state index contributed by atoms with van der Waals surface area (Å²) in [4.78, 5) is 20.0. The van der Waals surface area contributed by atoms with Gasteiger partial charge in [-0.3, -0.25) is 4.79 Å². The summed E-state index contributed by atoms with van der Waals surface area (Å²) < 4.78 is 0. The minimum Gasteiger partial charge on any atom is -0.345 e. The first-order valence-corrected chi connectivity index (χ1v) is 6.29. The molecule has 0 spiro atoms. The van der Waals surface area contributed by atoms with Gasteiger partial charge in [0.05, 0.1) is 11.6 Å². The molecule has 0 radical (unpaired) electrons. The maximum absolute atomic E-state index is 12.0. The zero-order valence-electron chi connectivity index (χ0n) is 10.7. The second-order valence-corrected chi connectivity index (χ2v) is 4.70. The summed E-state index contributed by atoms with van der Waals surface area (Å²) in [5.74, 6) is 0.449. The van der Waals surface area contributed by atoms with Crippen LogP contribution in [0.3, 0.4) is 0 Å². The van der Waals surface area contributed by atoms with Crippen molar-refractivity contribution in [3.8, 4) is 0 Å². The average molecular weight is 276 g/mol. The van der Waals surface area contributed by atoms with Gasteiger partial charge in [-0.25, -0.2) is 9.97 Å². The third kappa shape index (κ3) is 3.51. The lowest BCUT2D eigenvalue weighted by Crippen LogP contribution is -2.26. The van der Waals surface area contributed by atoms with Crippen molar-refractivity contribution >= 4 is 17.5 Å². The summed E-state index contributed by atoms with van der Waals surface area (Å²) in [7, 11) is 0. The first-order valence-electron chi connectivity index (χ1n) is 5.91. The van der Waals surface area contributed by atoms with Gasteiger partial charge in [-0.15, -0.1) is 0 Å². The molecule has 4 nitrogen and oxygen atoms in total. The quantitative estimate of drug-likeness (QED) is 0.937. The van der Waals surface area contributed by atoms with Gasteiger partial charge < -0.3 is 5.32 Å². The Hall–Kier alpha value is -1.94. The number of aryl methyl sites for hydroxylation is 1. The number of aromatic nitrogens is 2. The fraction of sp³-hybridized carbons (Fsp3) is 0.214. The van der Waals surface area contributed by atoms with E-state index in [1.807, 2.05) is 19.1 Å². The molecule has 1 unspecified atom stereocenters. The number of nitrogens with one attached hydrogen (secondary N) is 1. The van der Waals surface area contributed by atoms with Crippen molar-refractivity contribution in [3.63, 3.8) is 0 Å². The van der Waals surface area contributed by atoms with Crippen LogP contribution in [-0.2, 0) is 0 Å². The molecule has 1 aromatic heterocycles. The molecule has 0 aliphatic carbocycles. The average Bonchev–Trinajstić information content (AvgIpc) is 2.40. The van der Waals surface area contributed by atoms with Crippen LogP contribution in [0.1, 0.15) is 34.7 Å². The topological polar surface area (TPSA) is 54.9 Å². The smallest absolute Gasteiger partial charge is 0.254 e. The summed E-state index contributed by atoms with van der Waals surface area (Å²) in [6.45, 7) is 3.69. The van der Waals surface area contributed by atoms with Gasteiger partial charge in [0.15, 0.2) is 0 Å². The fourth-order valence-electron chi connectivity index (χ4n) is 1.62. The molecule has 0 aliphatic heterocycles. The van der Waals surface area contributed by atoms with Crippen LogP contribution < -0.4 is 5.32 Å². The van der Waals surface area contributed by atoms with E-state index >= 15 is 0 Å². The van der Waals surface area contributed by atoms with Crippen LogP contribution in [0.5, 0.6) is 0 Å². The molecule has 0 saturated carbocycles. The number of hydrogen-bond acceptors (Lipinski definition) is 3. The van der Waals surface area contributed by atoms with Crippen LogP contribution in [0, 0.1) is 6.92 Å². The fourth-order valence-corrected chi connectivity index (χ4v) is 1.75. The minimum absolute atomic E-state index is 0.105. The van der Waals surface area contributed by atoms with Crippen LogP contribution in [0.2, 0.25) is 5.02 Å². The molecule has 1 amide bonds. The molecule has 1 aromatic carbocycles. The molecule has 0 fully saturated rings. The van der Waals surface area contributed by atoms with E-state index in [-0.39, 0.29) is 11.9 Å². The number of rotatable bonds is 3. The van der Waals surface area contributed by atoms with E-state index in [2.05, 4.69) is 15.3 Å². The van der Waals surface area contributed by atoms with E-state index in [1.54, 1.807) is 19.1 Å². The Balaban J connectivity index is 2.06. The Morgan fingerprint density at radius 3 is 2.37 bits per heavy atom. The van der Waals surface area contributed by atoms with Crippen molar-refractivity contribution in [1.29, 1.82) is 0 Å². The molecule has 1 atom stereocenters. The Morgan fingerprint density at radius 2 is 1.79 bits per heavy atom. The monoisotopic (exact) mass is 275 g/mol. The lowest BCUT2D eigenvalue weighted by Gasteiger charge is -2.14. The van der Waals surface area contributed by atoms with Gasteiger partial charge in [0, 0.05) is 17.4 Å². The maximum atomic E-state index is 12.0. The normalized spacial score (nSPS) is 11.9. The van der Waals surface area contributed by atoms with Gasteiger partial charge in [0.2, 0.25) is 0 Å². The molecule has 19 heavy (non-hydrogen) atoms. The highest BCUT2D eigenvalue weighted by molar-refractivity contribution is 6.30. The molecular weight excluding hydrogens is 262 g/mol. The summed E-state index contributed by atoms with van der Waals surface area (Å²) in [6, 6.07) is 7.27. The SMILES string of the molecule is Cc1ncc(C(=O)NC(C)c2ccc(Cl)cc2)cn1. The van der Waals surface area contributed by atoms with Gasteiger partial charge in [-0.05, 0) is 31.5 Å². The Kier molecular flexibility index (Phi) is 4.12. The molecule has 98 valence electrons. The summed E-state index contributed by atoms with van der Waals surface area (Å²) in [5, 5.41) is 3.56. The van der Waals surface area contributed by atoms with Crippen LogP contribution in [0.25, 0.3) is 0 Å². The van der Waals surface area contributed by atoms with E-state index < -0.39 is 0 Å². The van der Waals surface area contributed by atoms with Gasteiger partial charge in [-0.1, -0.05) is 23.7 Å². The van der Waals surface area contributed by atoms with Crippen molar-refractivity contribution in [2.75, 3.05) is 0 Å². The molecule has 0 aliphatic rings. The third-order valence-corrected chi connectivity index (χ3v) is 3.01. The van der Waals surface area contributed by atoms with Crippen LogP contribution >= 0.6 is 11.6 Å². The minimum atomic E-state index is -0.192. The van der Waals surface area contributed by atoms with Crippen molar-refractivity contribution < 1.29 is 4.79 Å². The number of hydrogen-bond donors (Lipinski definition) is 1. The van der Waals surface area contributed by atoms with Crippen LogP contribution in [0.4, 0.5) is 0 Å². The lowest BCUT2D eigenvalue weighted by atomic mass is 10.1. The first kappa shape index (κ1) is 13.5. The maximum Gasteiger partial charge on any atom is 0.254 e. The van der Waals surface area contributed by atoms with E-state index in [0.29, 0.717) is 16.4 Å². The van der Waals surface area contributed by atoms with E-state index in [0.717, 1.165) is 5.56 Å². The summed E-state index contributed by atoms with van der Waals surface area (Å²) in [6.07, 6.45) is 3.04. The first-order chi connectivity index (χ1) is 9.06. The zero-order valence-corrected chi connectivity index (χ0v) is 11.5. The Labute approximate surface area is 116 Å². The number of halogens is 1. The zero-order chi connectivity index (χ0) is 13.8. The second-order valence-electron chi connectivity index (χ2n) is 4.27. The van der Waals surface area contributed by atoms with Gasteiger partial charge >= 0.3 is 0 Å². The molecule has 0 saturated heterocycles. The molecular formula is C14H14ClN3O. The van der Waals surface area contributed by atoms with Crippen molar-refractivity contribution in [3.05, 3.63) is 58.6 Å². The Bertz CT molecular complexity index is 566. The highest BCUT2D eigenvalue weighted by Crippen LogP contribution is 2.16.